The molecule has 2 aromatic carbocycles. The highest BCUT2D eigenvalue weighted by Gasteiger charge is 2.27. The summed E-state index contributed by atoms with van der Waals surface area (Å²) < 4.78 is 27.3. The number of fused-ring (bicyclic) bond motifs is 1. The Morgan fingerprint density at radius 1 is 1.22 bits per heavy atom. The molecule has 27 heavy (non-hydrogen) atoms. The molecule has 0 aliphatic heterocycles. The number of anilines is 1. The number of hydrogen-bond donors (Lipinski definition) is 3. The smallest absolute Gasteiger partial charge is 0.232 e. The third-order valence-electron chi connectivity index (χ3n) is 4.24. The first-order chi connectivity index (χ1) is 12.8. The minimum absolute atomic E-state index is 0.00635. The Labute approximate surface area is 154 Å². The van der Waals surface area contributed by atoms with E-state index in [0.717, 1.165) is 5.56 Å². The van der Waals surface area contributed by atoms with E-state index in [2.05, 4.69) is 15.5 Å². The number of aliphatic hydroxyl groups is 1. The first-order valence-corrected chi connectivity index (χ1v) is 8.34. The van der Waals surface area contributed by atoms with Crippen LogP contribution in [0.5, 0.6) is 0 Å². The lowest BCUT2D eigenvalue weighted by Gasteiger charge is -2.20. The summed E-state index contributed by atoms with van der Waals surface area (Å²) in [6.07, 6.45) is 3.47. The number of halogens is 2. The van der Waals surface area contributed by atoms with Crippen LogP contribution in [0.15, 0.2) is 36.4 Å². The van der Waals surface area contributed by atoms with Gasteiger partial charge in [0.15, 0.2) is 0 Å². The summed E-state index contributed by atoms with van der Waals surface area (Å²) in [7, 11) is 0. The molecule has 0 saturated carbocycles. The lowest BCUT2D eigenvalue weighted by molar-refractivity contribution is -0.125. The molecular weight excluding hydrogens is 352 g/mol. The monoisotopic (exact) mass is 371 g/mol. The van der Waals surface area contributed by atoms with E-state index >= 15 is 0 Å². The normalized spacial score (nSPS) is 12.0. The number of nitrogens with one attached hydrogen (secondary N) is 2. The molecule has 1 aromatic heterocycles. The number of hydrogen-bond acceptors (Lipinski definition) is 3. The van der Waals surface area contributed by atoms with Crippen molar-refractivity contribution >= 4 is 34.6 Å². The molecule has 0 atom stereocenters. The maximum absolute atomic E-state index is 14.3. The SMILES string of the molecule is CC(C)(CO)C(=O)Nc1cc2c(/C=C/c3ccc(F)cc3)n[nH]c2cc1F. The van der Waals surface area contributed by atoms with E-state index in [1.54, 1.807) is 38.1 Å². The Kier molecular flexibility index (Phi) is 5.05. The van der Waals surface area contributed by atoms with Gasteiger partial charge in [0.05, 0.1) is 28.9 Å². The zero-order chi connectivity index (χ0) is 19.6. The predicted octanol–water partition coefficient (Wildman–Crippen LogP) is 3.97. The number of benzene rings is 2. The minimum atomic E-state index is -1.04. The zero-order valence-electron chi connectivity index (χ0n) is 14.9. The van der Waals surface area contributed by atoms with Crippen LogP contribution >= 0.6 is 0 Å². The van der Waals surface area contributed by atoms with Crippen molar-refractivity contribution in [2.75, 3.05) is 11.9 Å². The van der Waals surface area contributed by atoms with Gasteiger partial charge < -0.3 is 10.4 Å². The van der Waals surface area contributed by atoms with Gasteiger partial charge in [0.2, 0.25) is 5.91 Å². The minimum Gasteiger partial charge on any atom is -0.395 e. The van der Waals surface area contributed by atoms with E-state index in [-0.39, 0.29) is 18.1 Å². The standard InChI is InChI=1S/C20H19F2N3O2/c1-20(2,11-26)19(27)23-18-9-14-16(24-25-17(14)10-15(18)22)8-5-12-3-6-13(21)7-4-12/h3-10,26H,11H2,1-2H3,(H,23,27)(H,24,25)/b8-5+. The van der Waals surface area contributed by atoms with Gasteiger partial charge in [-0.2, -0.15) is 5.10 Å². The van der Waals surface area contributed by atoms with Crippen molar-refractivity contribution in [3.63, 3.8) is 0 Å². The van der Waals surface area contributed by atoms with Crippen LogP contribution in [0.25, 0.3) is 23.1 Å². The van der Waals surface area contributed by atoms with Crippen LogP contribution in [0.2, 0.25) is 0 Å². The van der Waals surface area contributed by atoms with Crippen molar-refractivity contribution in [2.24, 2.45) is 5.41 Å². The highest BCUT2D eigenvalue weighted by molar-refractivity contribution is 5.98. The molecule has 0 radical (unpaired) electrons. The van der Waals surface area contributed by atoms with Gasteiger partial charge in [-0.15, -0.1) is 0 Å². The first kappa shape index (κ1) is 18.7. The Morgan fingerprint density at radius 2 is 1.93 bits per heavy atom. The number of amides is 1. The molecule has 0 aliphatic rings. The molecular formula is C20H19F2N3O2. The number of aliphatic hydroxyl groups excluding tert-OH is 1. The fourth-order valence-corrected chi connectivity index (χ4v) is 2.39. The Bertz CT molecular complexity index is 1010. The van der Waals surface area contributed by atoms with Gasteiger partial charge in [-0.3, -0.25) is 9.89 Å². The van der Waals surface area contributed by atoms with Crippen molar-refractivity contribution < 1.29 is 18.7 Å². The van der Waals surface area contributed by atoms with Gasteiger partial charge >= 0.3 is 0 Å². The molecule has 3 rings (SSSR count). The molecule has 1 heterocycles. The fraction of sp³-hybridized carbons (Fsp3) is 0.200. The van der Waals surface area contributed by atoms with Crippen LogP contribution in [-0.2, 0) is 4.79 Å². The Morgan fingerprint density at radius 3 is 2.59 bits per heavy atom. The summed E-state index contributed by atoms with van der Waals surface area (Å²) in [5.74, 6) is -1.42. The van der Waals surface area contributed by atoms with Crippen molar-refractivity contribution in [1.29, 1.82) is 0 Å². The summed E-state index contributed by atoms with van der Waals surface area (Å²) in [5, 5.41) is 19.3. The van der Waals surface area contributed by atoms with Gasteiger partial charge in [0.1, 0.15) is 11.6 Å². The second-order valence-corrected chi connectivity index (χ2v) is 6.87. The highest BCUT2D eigenvalue weighted by Crippen LogP contribution is 2.27. The maximum Gasteiger partial charge on any atom is 0.232 e. The molecule has 0 fully saturated rings. The lowest BCUT2D eigenvalue weighted by Crippen LogP contribution is -2.34. The van der Waals surface area contributed by atoms with E-state index in [9.17, 15) is 18.7 Å². The van der Waals surface area contributed by atoms with Crippen LogP contribution in [0.1, 0.15) is 25.1 Å². The molecule has 5 nitrogen and oxygen atoms in total. The van der Waals surface area contributed by atoms with E-state index in [4.69, 9.17) is 0 Å². The van der Waals surface area contributed by atoms with E-state index < -0.39 is 17.1 Å². The van der Waals surface area contributed by atoms with Crippen molar-refractivity contribution in [3.8, 4) is 0 Å². The number of nitrogens with zero attached hydrogens (tertiary/aromatic N) is 1. The molecule has 0 aliphatic carbocycles. The third kappa shape index (κ3) is 4.03. The average Bonchev–Trinajstić information content (AvgIpc) is 3.03. The molecule has 1 amide bonds. The molecule has 0 saturated heterocycles. The number of H-pyrrole nitrogens is 1. The van der Waals surface area contributed by atoms with E-state index in [1.807, 2.05) is 0 Å². The second-order valence-electron chi connectivity index (χ2n) is 6.87. The summed E-state index contributed by atoms with van der Waals surface area (Å²) >= 11 is 0. The summed E-state index contributed by atoms with van der Waals surface area (Å²) in [6, 6.07) is 8.71. The summed E-state index contributed by atoms with van der Waals surface area (Å²) in [6.45, 7) is 2.76. The van der Waals surface area contributed by atoms with Gasteiger partial charge in [0, 0.05) is 11.5 Å². The van der Waals surface area contributed by atoms with Gasteiger partial charge in [0.25, 0.3) is 0 Å². The van der Waals surface area contributed by atoms with Crippen LogP contribution in [0.3, 0.4) is 0 Å². The Balaban J connectivity index is 1.92. The third-order valence-corrected chi connectivity index (χ3v) is 4.24. The fourth-order valence-electron chi connectivity index (χ4n) is 2.39. The van der Waals surface area contributed by atoms with Gasteiger partial charge in [-0.1, -0.05) is 18.2 Å². The van der Waals surface area contributed by atoms with E-state index in [1.165, 1.54) is 24.3 Å². The lowest BCUT2D eigenvalue weighted by atomic mass is 9.93. The first-order valence-electron chi connectivity index (χ1n) is 8.34. The Hall–Kier alpha value is -3.06. The van der Waals surface area contributed by atoms with Gasteiger partial charge in [-0.25, -0.2) is 8.78 Å². The second kappa shape index (κ2) is 7.28. The van der Waals surface area contributed by atoms with Gasteiger partial charge in [-0.05, 0) is 43.7 Å². The van der Waals surface area contributed by atoms with Crippen molar-refractivity contribution in [1.82, 2.24) is 10.2 Å². The summed E-state index contributed by atoms with van der Waals surface area (Å²) in [5.41, 5.74) is 0.778. The molecule has 0 bridgehead atoms. The number of carbonyl (C=O) groups is 1. The van der Waals surface area contributed by atoms with Crippen molar-refractivity contribution in [2.45, 2.75) is 13.8 Å². The number of carbonyl (C=O) groups excluding carboxylic acids is 1. The van der Waals surface area contributed by atoms with Crippen LogP contribution < -0.4 is 5.32 Å². The van der Waals surface area contributed by atoms with Crippen LogP contribution in [-0.4, -0.2) is 27.8 Å². The van der Waals surface area contributed by atoms with E-state index in [0.29, 0.717) is 16.6 Å². The molecule has 0 unspecified atom stereocenters. The number of aromatic amines is 1. The topological polar surface area (TPSA) is 78.0 Å². The van der Waals surface area contributed by atoms with Crippen LogP contribution in [0, 0.1) is 17.0 Å². The molecule has 140 valence electrons. The van der Waals surface area contributed by atoms with Crippen LogP contribution in [0.4, 0.5) is 14.5 Å². The zero-order valence-corrected chi connectivity index (χ0v) is 14.9. The van der Waals surface area contributed by atoms with Crippen molar-refractivity contribution in [3.05, 3.63) is 59.3 Å². The molecule has 7 heteroatoms. The summed E-state index contributed by atoms with van der Waals surface area (Å²) in [4.78, 5) is 12.2. The quantitative estimate of drug-likeness (QED) is 0.635. The maximum atomic E-state index is 14.3. The highest BCUT2D eigenvalue weighted by atomic mass is 19.1. The molecule has 3 N–H and O–H groups in total. The largest absolute Gasteiger partial charge is 0.395 e. The average molecular weight is 371 g/mol. The molecule has 3 aromatic rings. The number of aromatic nitrogens is 2. The molecule has 0 spiro atoms. The number of rotatable bonds is 5. The predicted molar refractivity (Wildman–Crippen MR) is 101 cm³/mol.